The van der Waals surface area contributed by atoms with E-state index in [4.69, 9.17) is 10.5 Å². The van der Waals surface area contributed by atoms with E-state index in [1.807, 2.05) is 24.3 Å². The van der Waals surface area contributed by atoms with Gasteiger partial charge in [-0.1, -0.05) is 54.6 Å². The highest BCUT2D eigenvalue weighted by atomic mass is 32.1. The lowest BCUT2D eigenvalue weighted by molar-refractivity contribution is 0.415. The standard InChI is InChI=1S/C24H25N3OS/c1-28-20-12-10-19(11-13-20)18-8-6-17(7-9-18)16-26-15-14-22(25)24-21-4-2-3-5-23(21)29-27-24/h2-13,22,26H,14-16,25H2,1H3. The van der Waals surface area contributed by atoms with Crippen LogP contribution in [0.25, 0.3) is 21.2 Å². The van der Waals surface area contributed by atoms with Crippen LogP contribution in [-0.2, 0) is 6.54 Å². The second-order valence-corrected chi connectivity index (χ2v) is 7.87. The van der Waals surface area contributed by atoms with Crippen molar-refractivity contribution in [2.24, 2.45) is 5.73 Å². The van der Waals surface area contributed by atoms with Crippen LogP contribution in [0.15, 0.2) is 72.8 Å². The van der Waals surface area contributed by atoms with E-state index >= 15 is 0 Å². The quantitative estimate of drug-likeness (QED) is 0.399. The largest absolute Gasteiger partial charge is 0.497 e. The van der Waals surface area contributed by atoms with Gasteiger partial charge in [-0.3, -0.25) is 0 Å². The number of ether oxygens (including phenoxy) is 1. The topological polar surface area (TPSA) is 60.2 Å². The third-order valence-corrected chi connectivity index (χ3v) is 5.94. The number of methoxy groups -OCH3 is 1. The van der Waals surface area contributed by atoms with Gasteiger partial charge in [-0.25, -0.2) is 0 Å². The molecule has 3 aromatic carbocycles. The summed E-state index contributed by atoms with van der Waals surface area (Å²) in [5.41, 5.74) is 11.0. The fourth-order valence-corrected chi connectivity index (χ4v) is 4.24. The first kappa shape index (κ1) is 19.6. The van der Waals surface area contributed by atoms with E-state index in [0.717, 1.165) is 31.0 Å². The Labute approximate surface area is 175 Å². The lowest BCUT2D eigenvalue weighted by atomic mass is 10.0. The van der Waals surface area contributed by atoms with Crippen LogP contribution in [-0.4, -0.2) is 18.0 Å². The van der Waals surface area contributed by atoms with Gasteiger partial charge in [0.25, 0.3) is 0 Å². The molecular formula is C24H25N3OS. The predicted molar refractivity (Wildman–Crippen MR) is 121 cm³/mol. The Bertz CT molecular complexity index is 1060. The molecule has 4 aromatic rings. The summed E-state index contributed by atoms with van der Waals surface area (Å²) >= 11 is 1.52. The summed E-state index contributed by atoms with van der Waals surface area (Å²) in [7, 11) is 1.68. The van der Waals surface area contributed by atoms with E-state index in [2.05, 4.69) is 58.2 Å². The first-order valence-corrected chi connectivity index (χ1v) is 10.6. The average molecular weight is 404 g/mol. The highest BCUT2D eigenvalue weighted by Gasteiger charge is 2.13. The highest BCUT2D eigenvalue weighted by molar-refractivity contribution is 7.13. The molecule has 148 valence electrons. The van der Waals surface area contributed by atoms with Crippen LogP contribution in [0.1, 0.15) is 23.7 Å². The van der Waals surface area contributed by atoms with Gasteiger partial charge < -0.3 is 15.8 Å². The minimum atomic E-state index is -0.0453. The minimum Gasteiger partial charge on any atom is -0.497 e. The summed E-state index contributed by atoms with van der Waals surface area (Å²) in [5, 5.41) is 4.68. The molecule has 4 nitrogen and oxygen atoms in total. The molecule has 0 aliphatic carbocycles. The molecule has 1 aromatic heterocycles. The van der Waals surface area contributed by atoms with Crippen molar-refractivity contribution in [3.05, 3.63) is 84.1 Å². The van der Waals surface area contributed by atoms with Crippen molar-refractivity contribution in [2.75, 3.05) is 13.7 Å². The van der Waals surface area contributed by atoms with Gasteiger partial charge >= 0.3 is 0 Å². The number of benzene rings is 3. The molecule has 0 radical (unpaired) electrons. The van der Waals surface area contributed by atoms with Crippen molar-refractivity contribution in [1.29, 1.82) is 0 Å². The zero-order valence-corrected chi connectivity index (χ0v) is 17.3. The smallest absolute Gasteiger partial charge is 0.118 e. The molecule has 0 saturated carbocycles. The van der Waals surface area contributed by atoms with Gasteiger partial charge in [-0.05, 0) is 59.4 Å². The molecule has 3 N–H and O–H groups in total. The van der Waals surface area contributed by atoms with Gasteiger partial charge in [0.1, 0.15) is 5.75 Å². The third kappa shape index (κ3) is 4.65. The summed E-state index contributed by atoms with van der Waals surface area (Å²) in [6.07, 6.45) is 0.859. The van der Waals surface area contributed by atoms with Crippen molar-refractivity contribution in [3.63, 3.8) is 0 Å². The zero-order valence-electron chi connectivity index (χ0n) is 16.5. The van der Waals surface area contributed by atoms with Gasteiger partial charge in [0.15, 0.2) is 0 Å². The lowest BCUT2D eigenvalue weighted by Crippen LogP contribution is -2.21. The number of nitrogens with one attached hydrogen (secondary N) is 1. The average Bonchev–Trinajstić information content (AvgIpc) is 3.21. The molecule has 1 unspecified atom stereocenters. The van der Waals surface area contributed by atoms with E-state index in [0.29, 0.717) is 0 Å². The van der Waals surface area contributed by atoms with Crippen LogP contribution in [0.4, 0.5) is 0 Å². The first-order chi connectivity index (χ1) is 14.2. The Hall–Kier alpha value is -2.73. The summed E-state index contributed by atoms with van der Waals surface area (Å²) in [6, 6.07) is 25.0. The van der Waals surface area contributed by atoms with Crippen LogP contribution in [0.5, 0.6) is 5.75 Å². The monoisotopic (exact) mass is 403 g/mol. The Morgan fingerprint density at radius 2 is 1.66 bits per heavy atom. The van der Waals surface area contributed by atoms with Gasteiger partial charge in [0, 0.05) is 18.0 Å². The van der Waals surface area contributed by atoms with Crippen molar-refractivity contribution < 1.29 is 4.74 Å². The van der Waals surface area contributed by atoms with Crippen LogP contribution < -0.4 is 15.8 Å². The number of hydrogen-bond donors (Lipinski definition) is 2. The molecule has 0 fully saturated rings. The van der Waals surface area contributed by atoms with E-state index in [-0.39, 0.29) is 6.04 Å². The third-order valence-electron chi connectivity index (χ3n) is 5.10. The van der Waals surface area contributed by atoms with Crippen molar-refractivity contribution in [3.8, 4) is 16.9 Å². The first-order valence-electron chi connectivity index (χ1n) is 9.78. The van der Waals surface area contributed by atoms with Gasteiger partial charge in [-0.15, -0.1) is 0 Å². The molecule has 0 saturated heterocycles. The fraction of sp³-hybridized carbons (Fsp3) is 0.208. The van der Waals surface area contributed by atoms with E-state index in [9.17, 15) is 0 Å². The maximum absolute atomic E-state index is 6.39. The Morgan fingerprint density at radius 3 is 2.38 bits per heavy atom. The summed E-state index contributed by atoms with van der Waals surface area (Å²) in [6.45, 7) is 1.68. The Morgan fingerprint density at radius 1 is 0.966 bits per heavy atom. The Kier molecular flexibility index (Phi) is 6.20. The summed E-state index contributed by atoms with van der Waals surface area (Å²) in [5.74, 6) is 0.874. The van der Waals surface area contributed by atoms with E-state index in [1.165, 1.54) is 38.3 Å². The fourth-order valence-electron chi connectivity index (χ4n) is 3.40. The van der Waals surface area contributed by atoms with E-state index in [1.54, 1.807) is 7.11 Å². The normalized spacial score (nSPS) is 12.2. The van der Waals surface area contributed by atoms with Crippen LogP contribution in [0.2, 0.25) is 0 Å². The molecule has 29 heavy (non-hydrogen) atoms. The molecule has 0 aliphatic rings. The molecule has 0 amide bonds. The number of hydrogen-bond acceptors (Lipinski definition) is 5. The second kappa shape index (κ2) is 9.18. The van der Waals surface area contributed by atoms with Crippen molar-refractivity contribution in [2.45, 2.75) is 19.0 Å². The van der Waals surface area contributed by atoms with Crippen LogP contribution >= 0.6 is 11.5 Å². The zero-order chi connectivity index (χ0) is 20.1. The van der Waals surface area contributed by atoms with Gasteiger partial charge in [-0.2, -0.15) is 4.37 Å². The molecule has 0 spiro atoms. The molecule has 5 heteroatoms. The molecule has 4 rings (SSSR count). The number of aromatic nitrogens is 1. The maximum atomic E-state index is 6.39. The van der Waals surface area contributed by atoms with Gasteiger partial charge in [0.2, 0.25) is 0 Å². The molecule has 1 heterocycles. The van der Waals surface area contributed by atoms with Crippen molar-refractivity contribution in [1.82, 2.24) is 9.69 Å². The number of nitrogens with two attached hydrogens (primary N) is 1. The molecular weight excluding hydrogens is 378 g/mol. The van der Waals surface area contributed by atoms with Crippen LogP contribution in [0.3, 0.4) is 0 Å². The summed E-state index contributed by atoms with van der Waals surface area (Å²) < 4.78 is 11.0. The SMILES string of the molecule is COc1ccc(-c2ccc(CNCCC(N)c3nsc4ccccc34)cc2)cc1. The molecule has 0 bridgehead atoms. The lowest BCUT2D eigenvalue weighted by Gasteiger charge is -2.11. The number of rotatable bonds is 8. The number of fused-ring (bicyclic) bond motifs is 1. The maximum Gasteiger partial charge on any atom is 0.118 e. The molecule has 1 atom stereocenters. The van der Waals surface area contributed by atoms with Crippen LogP contribution in [0, 0.1) is 0 Å². The molecule has 0 aliphatic heterocycles. The van der Waals surface area contributed by atoms with Crippen molar-refractivity contribution >= 4 is 21.6 Å². The van der Waals surface area contributed by atoms with Gasteiger partial charge in [0.05, 0.1) is 17.5 Å². The highest BCUT2D eigenvalue weighted by Crippen LogP contribution is 2.27. The Balaban J connectivity index is 1.28. The minimum absolute atomic E-state index is 0.0453. The predicted octanol–water partition coefficient (Wildman–Crippen LogP) is 5.15. The number of nitrogens with zero attached hydrogens (tertiary/aromatic N) is 1. The van der Waals surface area contributed by atoms with E-state index < -0.39 is 0 Å². The second-order valence-electron chi connectivity index (χ2n) is 7.06. The summed E-state index contributed by atoms with van der Waals surface area (Å²) in [4.78, 5) is 0.